The van der Waals surface area contributed by atoms with Crippen LogP contribution in [0.4, 0.5) is 0 Å². The molecule has 2 aliphatic rings. The van der Waals surface area contributed by atoms with Gasteiger partial charge >= 0.3 is 0 Å². The molecule has 7 heteroatoms. The molecule has 0 aromatic carbocycles. The van der Waals surface area contributed by atoms with Crippen molar-refractivity contribution in [2.24, 2.45) is 0 Å². The Bertz CT molecular complexity index is 801. The second kappa shape index (κ2) is 6.46. The number of carbonyl (C=O) groups is 2. The van der Waals surface area contributed by atoms with E-state index in [4.69, 9.17) is 0 Å². The zero-order chi connectivity index (χ0) is 17.4. The molecule has 4 heterocycles. The molecule has 7 nitrogen and oxygen atoms in total. The van der Waals surface area contributed by atoms with Gasteiger partial charge in [0.15, 0.2) is 11.3 Å². The van der Waals surface area contributed by atoms with Gasteiger partial charge in [0, 0.05) is 50.9 Å². The summed E-state index contributed by atoms with van der Waals surface area (Å²) in [6.45, 7) is 4.79. The Kier molecular flexibility index (Phi) is 4.15. The summed E-state index contributed by atoms with van der Waals surface area (Å²) in [6, 6.07) is 2.01. The third kappa shape index (κ3) is 2.88. The predicted molar refractivity (Wildman–Crippen MR) is 92.4 cm³/mol. The third-order valence-corrected chi connectivity index (χ3v) is 5.42. The first-order chi connectivity index (χ1) is 12.1. The van der Waals surface area contributed by atoms with Gasteiger partial charge in [0.25, 0.3) is 5.91 Å². The summed E-state index contributed by atoms with van der Waals surface area (Å²) < 4.78 is 1.96. The molecular weight excluding hydrogens is 318 g/mol. The normalized spacial score (nSPS) is 18.9. The van der Waals surface area contributed by atoms with Crippen molar-refractivity contribution in [2.45, 2.75) is 38.5 Å². The number of imidazole rings is 1. The Hall–Kier alpha value is -2.44. The molecule has 2 aromatic heterocycles. The number of hydrogen-bond donors (Lipinski definition) is 0. The SMILES string of the molecule is CC(=O)N1CCC(c2ccnc3c(C(=O)N4CCCC4)ncn23)CC1. The van der Waals surface area contributed by atoms with Crippen molar-refractivity contribution in [3.63, 3.8) is 0 Å². The van der Waals surface area contributed by atoms with Crippen LogP contribution in [0.5, 0.6) is 0 Å². The minimum Gasteiger partial charge on any atom is -0.343 e. The van der Waals surface area contributed by atoms with Gasteiger partial charge in [-0.05, 0) is 31.7 Å². The number of likely N-dealkylation sites (tertiary alicyclic amines) is 2. The maximum atomic E-state index is 12.7. The Labute approximate surface area is 146 Å². The lowest BCUT2D eigenvalue weighted by molar-refractivity contribution is -0.129. The van der Waals surface area contributed by atoms with Gasteiger partial charge in [0.1, 0.15) is 6.33 Å². The van der Waals surface area contributed by atoms with Crippen LogP contribution in [0, 0.1) is 0 Å². The van der Waals surface area contributed by atoms with Gasteiger partial charge in [-0.2, -0.15) is 0 Å². The van der Waals surface area contributed by atoms with Crippen LogP contribution in [-0.4, -0.2) is 62.2 Å². The fourth-order valence-electron chi connectivity index (χ4n) is 3.96. The maximum absolute atomic E-state index is 12.7. The van der Waals surface area contributed by atoms with Gasteiger partial charge in [-0.1, -0.05) is 0 Å². The molecule has 2 fully saturated rings. The monoisotopic (exact) mass is 341 g/mol. The summed E-state index contributed by atoms with van der Waals surface area (Å²) in [7, 11) is 0. The summed E-state index contributed by atoms with van der Waals surface area (Å²) in [5.41, 5.74) is 2.22. The number of fused-ring (bicyclic) bond motifs is 1. The van der Waals surface area contributed by atoms with E-state index in [2.05, 4.69) is 9.97 Å². The molecule has 2 saturated heterocycles. The Morgan fingerprint density at radius 2 is 1.76 bits per heavy atom. The molecule has 0 bridgehead atoms. The molecule has 0 saturated carbocycles. The van der Waals surface area contributed by atoms with E-state index in [0.717, 1.165) is 57.6 Å². The zero-order valence-corrected chi connectivity index (χ0v) is 14.5. The van der Waals surface area contributed by atoms with E-state index in [0.29, 0.717) is 17.3 Å². The maximum Gasteiger partial charge on any atom is 0.276 e. The standard InChI is InChI=1S/C18H23N5O2/c1-13(24)21-10-5-14(6-11-21)15-4-7-19-17-16(20-12-23(15)17)18(25)22-8-2-3-9-22/h4,7,12,14H,2-3,5-6,8-11H2,1H3. The molecule has 0 N–H and O–H groups in total. The van der Waals surface area contributed by atoms with Crippen LogP contribution in [0.25, 0.3) is 5.65 Å². The molecule has 25 heavy (non-hydrogen) atoms. The molecule has 2 amide bonds. The molecule has 2 aliphatic heterocycles. The van der Waals surface area contributed by atoms with Gasteiger partial charge in [-0.25, -0.2) is 9.97 Å². The van der Waals surface area contributed by atoms with Crippen LogP contribution in [-0.2, 0) is 4.79 Å². The highest BCUT2D eigenvalue weighted by atomic mass is 16.2. The molecule has 4 rings (SSSR count). The van der Waals surface area contributed by atoms with E-state index >= 15 is 0 Å². The molecule has 0 spiro atoms. The Balaban J connectivity index is 1.61. The molecule has 0 atom stereocenters. The molecule has 132 valence electrons. The number of amides is 2. The molecule has 0 unspecified atom stereocenters. The predicted octanol–water partition coefficient (Wildman–Crippen LogP) is 1.69. The van der Waals surface area contributed by atoms with Crippen LogP contribution >= 0.6 is 0 Å². The number of piperidine rings is 1. The van der Waals surface area contributed by atoms with E-state index in [9.17, 15) is 9.59 Å². The minimum absolute atomic E-state index is 0.0175. The lowest BCUT2D eigenvalue weighted by Gasteiger charge is -2.31. The highest BCUT2D eigenvalue weighted by Gasteiger charge is 2.27. The van der Waals surface area contributed by atoms with Gasteiger partial charge < -0.3 is 9.80 Å². The molecule has 2 aromatic rings. The summed E-state index contributed by atoms with van der Waals surface area (Å²) in [6.07, 6.45) is 7.46. The van der Waals surface area contributed by atoms with Crippen molar-refractivity contribution in [2.75, 3.05) is 26.2 Å². The average molecular weight is 341 g/mol. The Morgan fingerprint density at radius 3 is 2.44 bits per heavy atom. The number of nitrogens with zero attached hydrogens (tertiary/aromatic N) is 5. The third-order valence-electron chi connectivity index (χ3n) is 5.42. The first-order valence-electron chi connectivity index (χ1n) is 9.02. The number of hydrogen-bond acceptors (Lipinski definition) is 4. The number of rotatable bonds is 2. The summed E-state index contributed by atoms with van der Waals surface area (Å²) in [5, 5.41) is 0. The largest absolute Gasteiger partial charge is 0.343 e. The fraction of sp³-hybridized carbons (Fsp3) is 0.556. The fourth-order valence-corrected chi connectivity index (χ4v) is 3.96. The smallest absolute Gasteiger partial charge is 0.276 e. The number of aromatic nitrogens is 3. The van der Waals surface area contributed by atoms with E-state index in [1.54, 1.807) is 19.4 Å². The lowest BCUT2D eigenvalue weighted by Crippen LogP contribution is -2.36. The second-order valence-corrected chi connectivity index (χ2v) is 6.94. The molecule has 0 aliphatic carbocycles. The first kappa shape index (κ1) is 16.1. The summed E-state index contributed by atoms with van der Waals surface area (Å²) in [5.74, 6) is 0.473. The molecule has 0 radical (unpaired) electrons. The minimum atomic E-state index is -0.0175. The van der Waals surface area contributed by atoms with Crippen molar-refractivity contribution < 1.29 is 9.59 Å². The summed E-state index contributed by atoms with van der Waals surface area (Å²) in [4.78, 5) is 36.8. The van der Waals surface area contributed by atoms with Crippen LogP contribution in [0.1, 0.15) is 54.7 Å². The second-order valence-electron chi connectivity index (χ2n) is 6.94. The van der Waals surface area contributed by atoms with Crippen LogP contribution in [0.2, 0.25) is 0 Å². The van der Waals surface area contributed by atoms with Crippen molar-refractivity contribution >= 4 is 17.5 Å². The van der Waals surface area contributed by atoms with Crippen LogP contribution in [0.3, 0.4) is 0 Å². The number of carbonyl (C=O) groups excluding carboxylic acids is 2. The topological polar surface area (TPSA) is 70.8 Å². The first-order valence-corrected chi connectivity index (χ1v) is 9.02. The van der Waals surface area contributed by atoms with E-state index in [1.807, 2.05) is 20.3 Å². The van der Waals surface area contributed by atoms with Crippen molar-refractivity contribution in [1.29, 1.82) is 0 Å². The Morgan fingerprint density at radius 1 is 1.04 bits per heavy atom. The quantitative estimate of drug-likeness (QED) is 0.833. The highest BCUT2D eigenvalue weighted by Crippen LogP contribution is 2.29. The van der Waals surface area contributed by atoms with E-state index < -0.39 is 0 Å². The van der Waals surface area contributed by atoms with E-state index in [1.165, 1.54) is 0 Å². The lowest BCUT2D eigenvalue weighted by atomic mass is 9.93. The molecular formula is C18H23N5O2. The van der Waals surface area contributed by atoms with Crippen molar-refractivity contribution in [3.05, 3.63) is 30.0 Å². The zero-order valence-electron chi connectivity index (χ0n) is 14.5. The van der Waals surface area contributed by atoms with Crippen molar-refractivity contribution in [1.82, 2.24) is 24.2 Å². The van der Waals surface area contributed by atoms with Gasteiger partial charge in [-0.3, -0.25) is 14.0 Å². The van der Waals surface area contributed by atoms with Gasteiger partial charge in [-0.15, -0.1) is 0 Å². The van der Waals surface area contributed by atoms with E-state index in [-0.39, 0.29) is 11.8 Å². The van der Waals surface area contributed by atoms with Gasteiger partial charge in [0.05, 0.1) is 0 Å². The van der Waals surface area contributed by atoms with Gasteiger partial charge in [0.2, 0.25) is 5.91 Å². The highest BCUT2D eigenvalue weighted by molar-refractivity contribution is 5.98. The average Bonchev–Trinajstić information content (AvgIpc) is 3.31. The van der Waals surface area contributed by atoms with Crippen molar-refractivity contribution in [3.8, 4) is 0 Å². The van der Waals surface area contributed by atoms with Crippen LogP contribution in [0.15, 0.2) is 18.6 Å². The van der Waals surface area contributed by atoms with Crippen LogP contribution < -0.4 is 0 Å². The summed E-state index contributed by atoms with van der Waals surface area (Å²) >= 11 is 0.